The first-order chi connectivity index (χ1) is 13.0. The Balaban J connectivity index is 2.10. The van der Waals surface area contributed by atoms with Crippen LogP contribution in [0.25, 0.3) is 0 Å². The molecule has 1 rings (SSSR count). The van der Waals surface area contributed by atoms with E-state index in [1.165, 1.54) is 89.2 Å². The topological polar surface area (TPSA) is 20.2 Å². The van der Waals surface area contributed by atoms with Gasteiger partial charge in [0.1, 0.15) is 6.54 Å². The second kappa shape index (κ2) is 14.2. The van der Waals surface area contributed by atoms with Crippen LogP contribution in [0.2, 0.25) is 0 Å². The first kappa shape index (κ1) is 24.2. The number of hydrogen-bond donors (Lipinski definition) is 1. The Kier molecular flexibility index (Phi) is 12.7. The van der Waals surface area contributed by atoms with Crippen molar-refractivity contribution in [3.8, 4) is 0 Å². The molecule has 0 aliphatic rings. The predicted molar refractivity (Wildman–Crippen MR) is 119 cm³/mol. The molecular weight excluding hydrogens is 330 g/mol. The minimum Gasteiger partial charge on any atom is -0.389 e. The molecule has 1 N–H and O–H groups in total. The summed E-state index contributed by atoms with van der Waals surface area (Å²) >= 11 is 0. The zero-order chi connectivity index (χ0) is 20.0. The zero-order valence-electron chi connectivity index (χ0n) is 18.7. The van der Waals surface area contributed by atoms with Crippen molar-refractivity contribution < 1.29 is 9.59 Å². The van der Waals surface area contributed by atoms with E-state index in [2.05, 4.69) is 39.2 Å². The monoisotopic (exact) mass is 376 g/mol. The molecule has 27 heavy (non-hydrogen) atoms. The number of nitrogens with zero attached hydrogens (tertiary/aromatic N) is 1. The van der Waals surface area contributed by atoms with Crippen molar-refractivity contribution >= 4 is 0 Å². The van der Waals surface area contributed by atoms with Gasteiger partial charge in [0.15, 0.2) is 0 Å². The highest BCUT2D eigenvalue weighted by molar-refractivity contribution is 5.28. The Morgan fingerprint density at radius 2 is 1.26 bits per heavy atom. The average Bonchev–Trinajstić information content (AvgIpc) is 2.62. The molecule has 2 nitrogen and oxygen atoms in total. The van der Waals surface area contributed by atoms with Crippen LogP contribution in [0.1, 0.15) is 108 Å². The molecule has 0 radical (unpaired) electrons. The van der Waals surface area contributed by atoms with Gasteiger partial charge >= 0.3 is 0 Å². The van der Waals surface area contributed by atoms with Gasteiger partial charge in [0.2, 0.25) is 0 Å². The Bertz CT molecular complexity index is 481. The summed E-state index contributed by atoms with van der Waals surface area (Å²) in [6.45, 7) is 6.36. The molecule has 0 spiro atoms. The van der Waals surface area contributed by atoms with Gasteiger partial charge in [0.05, 0.1) is 26.7 Å². The number of hydrogen-bond acceptors (Lipinski definition) is 1. The summed E-state index contributed by atoms with van der Waals surface area (Å²) in [5.74, 6) is 0. The van der Waals surface area contributed by atoms with Crippen LogP contribution < -0.4 is 0 Å². The lowest BCUT2D eigenvalue weighted by atomic mass is 10.0. The predicted octanol–water partition coefficient (Wildman–Crippen LogP) is 7.02. The molecule has 0 aliphatic carbocycles. The second-order valence-electron chi connectivity index (χ2n) is 9.08. The van der Waals surface area contributed by atoms with Crippen LogP contribution in [0.5, 0.6) is 0 Å². The van der Waals surface area contributed by atoms with E-state index in [1.54, 1.807) is 0 Å². The molecule has 0 saturated heterocycles. The molecule has 0 heterocycles. The molecule has 0 bridgehead atoms. The summed E-state index contributed by atoms with van der Waals surface area (Å²) in [7, 11) is 4.63. The van der Waals surface area contributed by atoms with Crippen molar-refractivity contribution in [2.24, 2.45) is 0 Å². The van der Waals surface area contributed by atoms with Gasteiger partial charge < -0.3 is 9.59 Å². The summed E-state index contributed by atoms with van der Waals surface area (Å²) in [4.78, 5) is 0. The lowest BCUT2D eigenvalue weighted by Gasteiger charge is -2.31. The lowest BCUT2D eigenvalue weighted by molar-refractivity contribution is -0.903. The van der Waals surface area contributed by atoms with Crippen LogP contribution >= 0.6 is 0 Å². The number of quaternary nitrogens is 1. The normalized spacial score (nSPS) is 13.1. The molecule has 0 aromatic heterocycles. The minimum atomic E-state index is -0.382. The average molecular weight is 377 g/mol. The van der Waals surface area contributed by atoms with E-state index in [9.17, 15) is 5.11 Å². The molecule has 0 fully saturated rings. The molecule has 0 saturated carbocycles. The SMILES string of the molecule is CCCCCCCCCCCCCC[N+](C)(C)Cc1ccccc1C(C)O. The van der Waals surface area contributed by atoms with E-state index < -0.39 is 0 Å². The van der Waals surface area contributed by atoms with Crippen molar-refractivity contribution in [3.05, 3.63) is 35.4 Å². The lowest BCUT2D eigenvalue weighted by Crippen LogP contribution is -2.39. The fraction of sp³-hybridized carbons (Fsp3) is 0.760. The van der Waals surface area contributed by atoms with Gasteiger partial charge in [-0.1, -0.05) is 95.4 Å². The summed E-state index contributed by atoms with van der Waals surface area (Å²) in [6, 6.07) is 8.34. The molecule has 1 aromatic carbocycles. The largest absolute Gasteiger partial charge is 0.389 e. The fourth-order valence-electron chi connectivity index (χ4n) is 4.01. The highest BCUT2D eigenvalue weighted by Crippen LogP contribution is 2.21. The van der Waals surface area contributed by atoms with Crippen molar-refractivity contribution in [2.75, 3.05) is 20.6 Å². The van der Waals surface area contributed by atoms with Crippen LogP contribution in [0.15, 0.2) is 24.3 Å². The Morgan fingerprint density at radius 1 is 0.778 bits per heavy atom. The van der Waals surface area contributed by atoms with E-state index in [4.69, 9.17) is 0 Å². The van der Waals surface area contributed by atoms with Gasteiger partial charge in [-0.25, -0.2) is 0 Å². The van der Waals surface area contributed by atoms with E-state index in [1.807, 2.05) is 13.0 Å². The number of unbranched alkanes of at least 4 members (excludes halogenated alkanes) is 11. The van der Waals surface area contributed by atoms with E-state index in [-0.39, 0.29) is 6.10 Å². The standard InChI is InChI=1S/C25H46NO/c1-5-6-7-8-9-10-11-12-13-14-15-18-21-26(3,4)22-24-19-16-17-20-25(24)23(2)27/h16-17,19-20,23,27H,5-15,18,21-22H2,1-4H3/q+1. The van der Waals surface area contributed by atoms with Crippen molar-refractivity contribution in [1.82, 2.24) is 0 Å². The van der Waals surface area contributed by atoms with Crippen molar-refractivity contribution in [2.45, 2.75) is 104 Å². The van der Waals surface area contributed by atoms with Gasteiger partial charge in [-0.3, -0.25) is 0 Å². The van der Waals surface area contributed by atoms with Gasteiger partial charge in [-0.2, -0.15) is 0 Å². The van der Waals surface area contributed by atoms with E-state index >= 15 is 0 Å². The Hall–Kier alpha value is -0.860. The van der Waals surface area contributed by atoms with Crippen LogP contribution in [-0.2, 0) is 6.54 Å². The maximum atomic E-state index is 9.98. The quantitative estimate of drug-likeness (QED) is 0.243. The van der Waals surface area contributed by atoms with Gasteiger partial charge in [0, 0.05) is 5.56 Å². The molecule has 0 aliphatic heterocycles. The van der Waals surface area contributed by atoms with Gasteiger partial charge in [-0.15, -0.1) is 0 Å². The maximum Gasteiger partial charge on any atom is 0.104 e. The molecule has 1 atom stereocenters. The summed E-state index contributed by atoms with van der Waals surface area (Å²) in [5, 5.41) is 9.98. The number of benzene rings is 1. The minimum absolute atomic E-state index is 0.382. The Morgan fingerprint density at radius 3 is 1.78 bits per heavy atom. The van der Waals surface area contributed by atoms with Gasteiger partial charge in [-0.05, 0) is 25.3 Å². The summed E-state index contributed by atoms with van der Waals surface area (Å²) in [5.41, 5.74) is 2.37. The van der Waals surface area contributed by atoms with Crippen LogP contribution in [0.4, 0.5) is 0 Å². The molecule has 2 heteroatoms. The third-order valence-electron chi connectivity index (χ3n) is 5.72. The maximum absolute atomic E-state index is 9.98. The number of aliphatic hydroxyl groups excluding tert-OH is 1. The fourth-order valence-corrected chi connectivity index (χ4v) is 4.01. The first-order valence-electron chi connectivity index (χ1n) is 11.5. The van der Waals surface area contributed by atoms with Crippen molar-refractivity contribution in [1.29, 1.82) is 0 Å². The smallest absolute Gasteiger partial charge is 0.104 e. The molecule has 1 unspecified atom stereocenters. The highest BCUT2D eigenvalue weighted by Gasteiger charge is 2.18. The molecular formula is C25H46NO+. The first-order valence-corrected chi connectivity index (χ1v) is 11.5. The molecule has 156 valence electrons. The van der Waals surface area contributed by atoms with E-state index in [0.717, 1.165) is 16.6 Å². The highest BCUT2D eigenvalue weighted by atomic mass is 16.3. The summed E-state index contributed by atoms with van der Waals surface area (Å²) < 4.78 is 1.00. The third kappa shape index (κ3) is 11.5. The van der Waals surface area contributed by atoms with Crippen LogP contribution in [-0.4, -0.2) is 30.2 Å². The number of aliphatic hydroxyl groups is 1. The van der Waals surface area contributed by atoms with Crippen LogP contribution in [0, 0.1) is 0 Å². The molecule has 1 aromatic rings. The molecule has 0 amide bonds. The Labute approximate surface area is 169 Å². The van der Waals surface area contributed by atoms with Gasteiger partial charge in [0.25, 0.3) is 0 Å². The number of rotatable bonds is 16. The van der Waals surface area contributed by atoms with Crippen molar-refractivity contribution in [3.63, 3.8) is 0 Å². The summed E-state index contributed by atoms with van der Waals surface area (Å²) in [6.07, 6.45) is 16.5. The second-order valence-corrected chi connectivity index (χ2v) is 9.08. The third-order valence-corrected chi connectivity index (χ3v) is 5.72. The van der Waals surface area contributed by atoms with Crippen LogP contribution in [0.3, 0.4) is 0 Å². The van der Waals surface area contributed by atoms with E-state index in [0.29, 0.717) is 0 Å². The zero-order valence-corrected chi connectivity index (χ0v) is 18.7.